The Bertz CT molecular complexity index is 276. The number of esters is 1. The van der Waals surface area contributed by atoms with Gasteiger partial charge in [0.2, 0.25) is 0 Å². The van der Waals surface area contributed by atoms with E-state index in [1.807, 2.05) is 27.7 Å². The van der Waals surface area contributed by atoms with E-state index in [4.69, 9.17) is 9.47 Å². The maximum atomic E-state index is 12.1. The van der Waals surface area contributed by atoms with Crippen LogP contribution in [0.4, 0.5) is 0 Å². The molecule has 1 saturated heterocycles. The highest BCUT2D eigenvalue weighted by Gasteiger charge is 2.40. The van der Waals surface area contributed by atoms with Crippen molar-refractivity contribution in [2.45, 2.75) is 78.4 Å². The van der Waals surface area contributed by atoms with E-state index >= 15 is 0 Å². The molecule has 0 aromatic heterocycles. The van der Waals surface area contributed by atoms with E-state index in [2.05, 4.69) is 18.7 Å². The van der Waals surface area contributed by atoms with Gasteiger partial charge in [-0.3, -0.25) is 9.69 Å². The number of hydrogen-bond acceptors (Lipinski definition) is 4. The number of carbonyl (C=O) groups is 1. The second-order valence-electron chi connectivity index (χ2n) is 5.83. The number of rotatable bonds is 5. The van der Waals surface area contributed by atoms with Gasteiger partial charge in [-0.25, -0.2) is 0 Å². The van der Waals surface area contributed by atoms with Gasteiger partial charge in [0.15, 0.2) is 0 Å². The molecule has 18 heavy (non-hydrogen) atoms. The fourth-order valence-electron chi connectivity index (χ4n) is 2.42. The second kappa shape index (κ2) is 6.53. The summed E-state index contributed by atoms with van der Waals surface area (Å²) < 4.78 is 11.2. The fourth-order valence-corrected chi connectivity index (χ4v) is 2.42. The lowest BCUT2D eigenvalue weighted by Crippen LogP contribution is -2.42. The molecule has 0 amide bonds. The van der Waals surface area contributed by atoms with Crippen molar-refractivity contribution in [3.63, 3.8) is 0 Å². The van der Waals surface area contributed by atoms with Crippen LogP contribution in [-0.2, 0) is 14.3 Å². The van der Waals surface area contributed by atoms with Crippen molar-refractivity contribution in [1.82, 2.24) is 4.90 Å². The Morgan fingerprint density at radius 1 is 1.11 bits per heavy atom. The first-order chi connectivity index (χ1) is 8.31. The van der Waals surface area contributed by atoms with Crippen molar-refractivity contribution in [3.8, 4) is 0 Å². The van der Waals surface area contributed by atoms with Crippen LogP contribution >= 0.6 is 0 Å². The molecule has 1 aliphatic rings. The van der Waals surface area contributed by atoms with Gasteiger partial charge in [-0.1, -0.05) is 0 Å². The normalized spacial score (nSPS) is 25.4. The Morgan fingerprint density at radius 2 is 1.72 bits per heavy atom. The highest BCUT2D eigenvalue weighted by molar-refractivity contribution is 5.76. The molecular formula is C14H27NO3. The Hall–Kier alpha value is -0.610. The lowest BCUT2D eigenvalue weighted by molar-refractivity contribution is -0.153. The quantitative estimate of drug-likeness (QED) is 0.708. The molecule has 4 heteroatoms. The van der Waals surface area contributed by atoms with Gasteiger partial charge in [-0.2, -0.15) is 0 Å². The zero-order chi connectivity index (χ0) is 13.9. The van der Waals surface area contributed by atoms with Crippen LogP contribution in [0.15, 0.2) is 0 Å². The summed E-state index contributed by atoms with van der Waals surface area (Å²) in [5, 5.41) is 0. The van der Waals surface area contributed by atoms with Crippen molar-refractivity contribution in [1.29, 1.82) is 0 Å². The van der Waals surface area contributed by atoms with E-state index in [1.54, 1.807) is 0 Å². The summed E-state index contributed by atoms with van der Waals surface area (Å²) in [6.45, 7) is 12.8. The summed E-state index contributed by atoms with van der Waals surface area (Å²) in [6, 6.07) is 0.173. The molecular weight excluding hydrogens is 230 g/mol. The number of likely N-dealkylation sites (tertiary alicyclic amines) is 1. The van der Waals surface area contributed by atoms with E-state index < -0.39 is 0 Å². The summed E-state index contributed by atoms with van der Waals surface area (Å²) >= 11 is 0. The van der Waals surface area contributed by atoms with Crippen molar-refractivity contribution >= 4 is 5.97 Å². The van der Waals surface area contributed by atoms with Gasteiger partial charge in [0, 0.05) is 19.0 Å². The molecule has 0 bridgehead atoms. The largest absolute Gasteiger partial charge is 0.462 e. The third-order valence-corrected chi connectivity index (χ3v) is 3.05. The minimum absolute atomic E-state index is 0.0587. The maximum Gasteiger partial charge on any atom is 0.323 e. The molecule has 0 radical (unpaired) electrons. The number of carbonyl (C=O) groups excluding carboxylic acids is 1. The van der Waals surface area contributed by atoms with Gasteiger partial charge >= 0.3 is 5.97 Å². The maximum absolute atomic E-state index is 12.1. The van der Waals surface area contributed by atoms with Crippen LogP contribution in [0.25, 0.3) is 0 Å². The highest BCUT2D eigenvalue weighted by atomic mass is 16.5. The van der Waals surface area contributed by atoms with Crippen molar-refractivity contribution in [3.05, 3.63) is 0 Å². The van der Waals surface area contributed by atoms with E-state index in [0.29, 0.717) is 6.04 Å². The molecule has 1 heterocycles. The Labute approximate surface area is 111 Å². The van der Waals surface area contributed by atoms with Crippen molar-refractivity contribution < 1.29 is 14.3 Å². The van der Waals surface area contributed by atoms with Crippen LogP contribution in [-0.4, -0.2) is 47.8 Å². The predicted octanol–water partition coefficient (Wildman–Crippen LogP) is 2.21. The van der Waals surface area contributed by atoms with Crippen molar-refractivity contribution in [2.24, 2.45) is 0 Å². The van der Waals surface area contributed by atoms with Gasteiger partial charge in [0.1, 0.15) is 6.04 Å². The molecule has 0 spiro atoms. The first kappa shape index (κ1) is 15.4. The number of nitrogens with zero attached hydrogens (tertiary/aromatic N) is 1. The lowest BCUT2D eigenvalue weighted by atomic mass is 10.2. The SMILES string of the molecule is CC(C)OC(=O)[C@@H]1CC(OC(C)C)CN1C(C)C. The minimum atomic E-state index is -0.156. The smallest absolute Gasteiger partial charge is 0.323 e. The average molecular weight is 257 g/mol. The van der Waals surface area contributed by atoms with E-state index in [-0.39, 0.29) is 30.3 Å². The standard InChI is InChI=1S/C14H27NO3/c1-9(2)15-8-12(17-10(3)4)7-13(15)14(16)18-11(5)6/h9-13H,7-8H2,1-6H3/t12?,13-/m0/s1. The molecule has 1 fully saturated rings. The molecule has 0 aromatic rings. The van der Waals surface area contributed by atoms with Gasteiger partial charge in [0.05, 0.1) is 18.3 Å². The molecule has 1 aliphatic heterocycles. The fraction of sp³-hybridized carbons (Fsp3) is 0.929. The molecule has 4 nitrogen and oxygen atoms in total. The third kappa shape index (κ3) is 4.25. The Balaban J connectivity index is 2.66. The predicted molar refractivity (Wildman–Crippen MR) is 71.5 cm³/mol. The van der Waals surface area contributed by atoms with Crippen LogP contribution < -0.4 is 0 Å². The number of ether oxygens (including phenoxy) is 2. The van der Waals surface area contributed by atoms with Crippen LogP contribution in [0.2, 0.25) is 0 Å². The monoisotopic (exact) mass is 257 g/mol. The summed E-state index contributed by atoms with van der Waals surface area (Å²) in [5.74, 6) is -0.117. The zero-order valence-electron chi connectivity index (χ0n) is 12.5. The van der Waals surface area contributed by atoms with E-state index in [9.17, 15) is 4.79 Å². The molecule has 1 unspecified atom stereocenters. The summed E-state index contributed by atoms with van der Waals surface area (Å²) in [4.78, 5) is 14.3. The van der Waals surface area contributed by atoms with Crippen LogP contribution in [0, 0.1) is 0 Å². The van der Waals surface area contributed by atoms with Crippen LogP contribution in [0.5, 0.6) is 0 Å². The average Bonchev–Trinajstić information content (AvgIpc) is 2.59. The van der Waals surface area contributed by atoms with Crippen molar-refractivity contribution in [2.75, 3.05) is 6.54 Å². The summed E-state index contributed by atoms with van der Waals surface area (Å²) in [6.07, 6.45) is 1.01. The lowest BCUT2D eigenvalue weighted by Gasteiger charge is -2.27. The molecule has 106 valence electrons. The Morgan fingerprint density at radius 3 is 2.17 bits per heavy atom. The first-order valence-corrected chi connectivity index (χ1v) is 6.93. The number of hydrogen-bond donors (Lipinski definition) is 0. The van der Waals surface area contributed by atoms with Crippen LogP contribution in [0.3, 0.4) is 0 Å². The Kier molecular flexibility index (Phi) is 5.60. The van der Waals surface area contributed by atoms with Gasteiger partial charge < -0.3 is 9.47 Å². The highest BCUT2D eigenvalue weighted by Crippen LogP contribution is 2.25. The topological polar surface area (TPSA) is 38.8 Å². The van der Waals surface area contributed by atoms with E-state index in [0.717, 1.165) is 13.0 Å². The molecule has 0 aromatic carbocycles. The second-order valence-corrected chi connectivity index (χ2v) is 5.83. The minimum Gasteiger partial charge on any atom is -0.462 e. The third-order valence-electron chi connectivity index (χ3n) is 3.05. The van der Waals surface area contributed by atoms with Gasteiger partial charge in [-0.05, 0) is 41.5 Å². The van der Waals surface area contributed by atoms with E-state index in [1.165, 1.54) is 0 Å². The van der Waals surface area contributed by atoms with Gasteiger partial charge in [-0.15, -0.1) is 0 Å². The molecule has 2 atom stereocenters. The first-order valence-electron chi connectivity index (χ1n) is 6.93. The summed E-state index contributed by atoms with van der Waals surface area (Å²) in [7, 11) is 0. The molecule has 0 aliphatic carbocycles. The zero-order valence-corrected chi connectivity index (χ0v) is 12.5. The van der Waals surface area contributed by atoms with Crippen LogP contribution in [0.1, 0.15) is 48.0 Å². The summed E-state index contributed by atoms with van der Waals surface area (Å²) in [5.41, 5.74) is 0. The van der Waals surface area contributed by atoms with Gasteiger partial charge in [0.25, 0.3) is 0 Å². The molecule has 0 saturated carbocycles. The molecule has 0 N–H and O–H groups in total. The molecule has 1 rings (SSSR count).